The number of aromatic carboxylic acids is 1. The van der Waals surface area contributed by atoms with Crippen molar-refractivity contribution in [1.82, 2.24) is 0 Å². The summed E-state index contributed by atoms with van der Waals surface area (Å²) >= 11 is 18.1. The number of hydrogen-bond acceptors (Lipinski definition) is 4. The van der Waals surface area contributed by atoms with Crippen molar-refractivity contribution in [2.45, 2.75) is 18.4 Å². The van der Waals surface area contributed by atoms with Gasteiger partial charge in [-0.05, 0) is 42.3 Å². The van der Waals surface area contributed by atoms with E-state index >= 15 is 0 Å². The van der Waals surface area contributed by atoms with E-state index in [9.17, 15) is 13.2 Å². The Bertz CT molecular complexity index is 962. The third kappa shape index (κ3) is 4.56. The van der Waals surface area contributed by atoms with Gasteiger partial charge in [-0.15, -0.1) is 0 Å². The molecule has 0 saturated carbocycles. The third-order valence-corrected chi connectivity index (χ3v) is 5.54. The Balaban J connectivity index is 2.46. The Morgan fingerprint density at radius 3 is 2.40 bits per heavy atom. The molecule has 10 heteroatoms. The second-order valence-electron chi connectivity index (χ2n) is 5.21. The molecule has 2 rings (SSSR count). The SMILES string of the molecule is Cc1c(Cl)cc(Cl)cc1CNc1cc(C(=O)O)cc(S(N)(=O)=O)c1Cl. The average Bonchev–Trinajstić information content (AvgIpc) is 2.49. The highest BCUT2D eigenvalue weighted by Gasteiger charge is 2.20. The molecular weight excluding hydrogens is 411 g/mol. The predicted molar refractivity (Wildman–Crippen MR) is 98.3 cm³/mol. The Morgan fingerprint density at radius 1 is 1.20 bits per heavy atom. The van der Waals surface area contributed by atoms with Gasteiger partial charge in [0, 0.05) is 16.6 Å². The van der Waals surface area contributed by atoms with Gasteiger partial charge < -0.3 is 10.4 Å². The third-order valence-electron chi connectivity index (χ3n) is 3.48. The number of carbonyl (C=O) groups is 1. The minimum atomic E-state index is -4.19. The Morgan fingerprint density at radius 2 is 1.84 bits per heavy atom. The molecule has 2 aromatic rings. The smallest absolute Gasteiger partial charge is 0.335 e. The summed E-state index contributed by atoms with van der Waals surface area (Å²) in [6.07, 6.45) is 0. The summed E-state index contributed by atoms with van der Waals surface area (Å²) in [6.45, 7) is 1.99. The van der Waals surface area contributed by atoms with E-state index < -0.39 is 20.9 Å². The van der Waals surface area contributed by atoms with Gasteiger partial charge in [0.25, 0.3) is 0 Å². The molecule has 0 atom stereocenters. The topological polar surface area (TPSA) is 109 Å². The van der Waals surface area contributed by atoms with Crippen LogP contribution in [0.5, 0.6) is 0 Å². The quantitative estimate of drug-likeness (QED) is 0.675. The monoisotopic (exact) mass is 422 g/mol. The molecular formula is C15H13Cl3N2O4S. The van der Waals surface area contributed by atoms with Gasteiger partial charge in [0.1, 0.15) is 4.90 Å². The van der Waals surface area contributed by atoms with Crippen LogP contribution in [-0.4, -0.2) is 19.5 Å². The molecule has 0 aliphatic heterocycles. The van der Waals surface area contributed by atoms with Crippen LogP contribution in [-0.2, 0) is 16.6 Å². The van der Waals surface area contributed by atoms with Crippen LogP contribution in [0.25, 0.3) is 0 Å². The summed E-state index contributed by atoms with van der Waals surface area (Å²) in [4.78, 5) is 10.7. The number of nitrogens with one attached hydrogen (secondary N) is 1. The summed E-state index contributed by atoms with van der Waals surface area (Å²) in [5, 5.41) is 17.9. The summed E-state index contributed by atoms with van der Waals surface area (Å²) in [5.74, 6) is -1.31. The zero-order chi connectivity index (χ0) is 18.9. The van der Waals surface area contributed by atoms with E-state index in [1.165, 1.54) is 6.07 Å². The van der Waals surface area contributed by atoms with Gasteiger partial charge in [-0.3, -0.25) is 0 Å². The fourth-order valence-corrected chi connectivity index (χ4v) is 3.82. The average molecular weight is 424 g/mol. The largest absolute Gasteiger partial charge is 0.478 e. The predicted octanol–water partition coefficient (Wildman–Crippen LogP) is 3.91. The zero-order valence-corrected chi connectivity index (χ0v) is 15.9. The second-order valence-corrected chi connectivity index (χ2v) is 7.96. The van der Waals surface area contributed by atoms with Crippen molar-refractivity contribution in [3.8, 4) is 0 Å². The van der Waals surface area contributed by atoms with Gasteiger partial charge in [-0.1, -0.05) is 34.8 Å². The standard InChI is InChI=1S/C15H13Cl3N2O4S/c1-7-9(2-10(16)5-11(7)17)6-20-12-3-8(15(21)22)4-13(14(12)18)25(19,23)24/h2-5,20H,6H2,1H3,(H,21,22)(H2,19,23,24). The van der Waals surface area contributed by atoms with Crippen LogP contribution in [0.15, 0.2) is 29.2 Å². The highest BCUT2D eigenvalue weighted by atomic mass is 35.5. The van der Waals surface area contributed by atoms with Gasteiger partial charge >= 0.3 is 5.97 Å². The van der Waals surface area contributed by atoms with Crippen LogP contribution in [0.3, 0.4) is 0 Å². The van der Waals surface area contributed by atoms with Crippen LogP contribution in [0, 0.1) is 6.92 Å². The van der Waals surface area contributed by atoms with E-state index in [0.29, 0.717) is 10.0 Å². The summed E-state index contributed by atoms with van der Waals surface area (Å²) < 4.78 is 23.3. The highest BCUT2D eigenvalue weighted by molar-refractivity contribution is 7.89. The Labute approximate surface area is 159 Å². The molecule has 0 amide bonds. The van der Waals surface area contributed by atoms with Crippen LogP contribution in [0.4, 0.5) is 5.69 Å². The van der Waals surface area contributed by atoms with Gasteiger partial charge in [0.15, 0.2) is 0 Å². The van der Waals surface area contributed by atoms with E-state index in [0.717, 1.165) is 17.2 Å². The fourth-order valence-electron chi connectivity index (χ4n) is 2.13. The normalized spacial score (nSPS) is 11.4. The lowest BCUT2D eigenvalue weighted by Crippen LogP contribution is -2.15. The lowest BCUT2D eigenvalue weighted by Gasteiger charge is -2.14. The van der Waals surface area contributed by atoms with Crippen molar-refractivity contribution in [3.05, 3.63) is 56.0 Å². The van der Waals surface area contributed by atoms with Crippen LogP contribution in [0.2, 0.25) is 15.1 Å². The number of sulfonamides is 1. The molecule has 0 aromatic heterocycles. The van der Waals surface area contributed by atoms with Crippen molar-refractivity contribution in [2.75, 3.05) is 5.32 Å². The maximum Gasteiger partial charge on any atom is 0.335 e. The molecule has 6 nitrogen and oxygen atoms in total. The number of halogens is 3. The van der Waals surface area contributed by atoms with E-state index in [2.05, 4.69) is 5.32 Å². The molecule has 0 radical (unpaired) electrons. The molecule has 0 bridgehead atoms. The second kappa shape index (κ2) is 7.39. The van der Waals surface area contributed by atoms with E-state index in [-0.39, 0.29) is 22.8 Å². The van der Waals surface area contributed by atoms with Crippen molar-refractivity contribution < 1.29 is 18.3 Å². The van der Waals surface area contributed by atoms with Crippen molar-refractivity contribution in [3.63, 3.8) is 0 Å². The molecule has 0 heterocycles. The number of carboxylic acids is 1. The lowest BCUT2D eigenvalue weighted by atomic mass is 10.1. The minimum absolute atomic E-state index is 0.112. The number of hydrogen-bond donors (Lipinski definition) is 3. The van der Waals surface area contributed by atoms with Crippen LogP contribution < -0.4 is 10.5 Å². The number of nitrogens with two attached hydrogens (primary N) is 1. The van der Waals surface area contributed by atoms with Crippen molar-refractivity contribution >= 4 is 56.5 Å². The Kier molecular flexibility index (Phi) is 5.86. The first-order valence-corrected chi connectivity index (χ1v) is 9.46. The number of carboxylic acid groups (broad SMARTS) is 1. The molecule has 4 N–H and O–H groups in total. The fraction of sp³-hybridized carbons (Fsp3) is 0.133. The summed E-state index contributed by atoms with van der Waals surface area (Å²) in [7, 11) is -4.19. The minimum Gasteiger partial charge on any atom is -0.478 e. The van der Waals surface area contributed by atoms with Crippen LogP contribution >= 0.6 is 34.8 Å². The zero-order valence-electron chi connectivity index (χ0n) is 12.8. The van der Waals surface area contributed by atoms with Gasteiger partial charge in [0.2, 0.25) is 10.0 Å². The van der Waals surface area contributed by atoms with Crippen LogP contribution in [0.1, 0.15) is 21.5 Å². The molecule has 0 aliphatic rings. The molecule has 0 fully saturated rings. The lowest BCUT2D eigenvalue weighted by molar-refractivity contribution is 0.0696. The molecule has 0 saturated heterocycles. The first-order chi connectivity index (χ1) is 11.5. The molecule has 134 valence electrons. The first-order valence-electron chi connectivity index (χ1n) is 6.78. The van der Waals surface area contributed by atoms with E-state index in [4.69, 9.17) is 45.0 Å². The molecule has 0 unspecified atom stereocenters. The highest BCUT2D eigenvalue weighted by Crippen LogP contribution is 2.32. The van der Waals surface area contributed by atoms with Gasteiger partial charge in [-0.2, -0.15) is 0 Å². The van der Waals surface area contributed by atoms with E-state index in [1.54, 1.807) is 19.1 Å². The van der Waals surface area contributed by atoms with Gasteiger partial charge in [0.05, 0.1) is 16.3 Å². The van der Waals surface area contributed by atoms with Crippen molar-refractivity contribution in [2.24, 2.45) is 5.14 Å². The first kappa shape index (κ1) is 19.8. The van der Waals surface area contributed by atoms with Gasteiger partial charge in [-0.25, -0.2) is 18.4 Å². The molecule has 25 heavy (non-hydrogen) atoms. The molecule has 0 spiro atoms. The number of rotatable bonds is 5. The maximum atomic E-state index is 11.6. The summed E-state index contributed by atoms with van der Waals surface area (Å²) in [6, 6.07) is 5.41. The maximum absolute atomic E-state index is 11.6. The summed E-state index contributed by atoms with van der Waals surface area (Å²) in [5.41, 5.74) is 1.36. The Hall–Kier alpha value is -1.51. The number of primary sulfonamides is 1. The molecule has 0 aliphatic carbocycles. The number of anilines is 1. The van der Waals surface area contributed by atoms with E-state index in [1.807, 2.05) is 0 Å². The number of benzene rings is 2. The molecule has 2 aromatic carbocycles. The van der Waals surface area contributed by atoms with Crippen molar-refractivity contribution in [1.29, 1.82) is 0 Å².